The first-order valence-corrected chi connectivity index (χ1v) is 8.74. The summed E-state index contributed by atoms with van der Waals surface area (Å²) in [5.41, 5.74) is 3.01. The lowest BCUT2D eigenvalue weighted by Crippen LogP contribution is -2.52. The fourth-order valence-corrected chi connectivity index (χ4v) is 5.48. The van der Waals surface area contributed by atoms with E-state index in [2.05, 4.69) is 10.5 Å². The molecular weight excluding hydrogens is 312 g/mol. The molecule has 0 aliphatic heterocycles. The second-order valence-corrected chi connectivity index (χ2v) is 8.04. The van der Waals surface area contributed by atoms with E-state index in [0.717, 1.165) is 37.0 Å². The normalized spacial score (nSPS) is 34.9. The lowest BCUT2D eigenvalue weighted by atomic mass is 9.49. The monoisotopic (exact) mass is 332 g/mol. The maximum Gasteiger partial charge on any atom is 0.246 e. The molecule has 0 heterocycles. The second kappa shape index (κ2) is 5.52. The number of carbonyl (C=O) groups is 1. The van der Waals surface area contributed by atoms with E-state index in [4.69, 9.17) is 11.6 Å². The van der Waals surface area contributed by atoms with Crippen molar-refractivity contribution >= 4 is 23.7 Å². The van der Waals surface area contributed by atoms with Gasteiger partial charge in [0.15, 0.2) is 0 Å². The van der Waals surface area contributed by atoms with Crippen molar-refractivity contribution in [2.45, 2.75) is 38.5 Å². The summed E-state index contributed by atoms with van der Waals surface area (Å²) in [7, 11) is 0. The summed E-state index contributed by atoms with van der Waals surface area (Å²) in [6.07, 6.45) is 8.44. The highest BCUT2D eigenvalue weighted by molar-refractivity contribution is 6.30. The highest BCUT2D eigenvalue weighted by Crippen LogP contribution is 2.60. The van der Waals surface area contributed by atoms with Gasteiger partial charge in [0.2, 0.25) is 5.91 Å². The van der Waals surface area contributed by atoms with E-state index < -0.39 is 0 Å². The number of benzene rings is 1. The lowest BCUT2D eigenvalue weighted by molar-refractivity contribution is -0.146. The molecule has 0 radical (unpaired) electrons. The van der Waals surface area contributed by atoms with Gasteiger partial charge in [-0.1, -0.05) is 11.6 Å². The third kappa shape index (κ3) is 2.74. The number of phenolic OH excluding ortho intramolecular Hbond substituents is 1. The number of amides is 1. The smallest absolute Gasteiger partial charge is 0.246 e. The van der Waals surface area contributed by atoms with E-state index in [-0.39, 0.29) is 17.1 Å². The number of hydrogen-bond acceptors (Lipinski definition) is 3. The number of phenols is 1. The molecule has 2 N–H and O–H groups in total. The van der Waals surface area contributed by atoms with Crippen molar-refractivity contribution in [1.82, 2.24) is 5.43 Å². The van der Waals surface area contributed by atoms with E-state index in [9.17, 15) is 9.90 Å². The van der Waals surface area contributed by atoms with Gasteiger partial charge in [-0.2, -0.15) is 5.10 Å². The van der Waals surface area contributed by atoms with Gasteiger partial charge >= 0.3 is 0 Å². The predicted octanol–water partition coefficient (Wildman–Crippen LogP) is 3.71. The van der Waals surface area contributed by atoms with Crippen LogP contribution in [0, 0.1) is 23.2 Å². The van der Waals surface area contributed by atoms with Gasteiger partial charge in [0.05, 0.1) is 11.6 Å². The average molecular weight is 333 g/mol. The van der Waals surface area contributed by atoms with Crippen LogP contribution in [0.15, 0.2) is 23.3 Å². The largest absolute Gasteiger partial charge is 0.507 e. The fourth-order valence-electron chi connectivity index (χ4n) is 5.30. The van der Waals surface area contributed by atoms with E-state index in [1.54, 1.807) is 12.1 Å². The molecule has 0 saturated heterocycles. The van der Waals surface area contributed by atoms with Gasteiger partial charge in [0, 0.05) is 10.6 Å². The quantitative estimate of drug-likeness (QED) is 0.654. The Morgan fingerprint density at radius 3 is 2.43 bits per heavy atom. The number of aromatic hydroxyl groups is 1. The van der Waals surface area contributed by atoms with Crippen molar-refractivity contribution in [3.05, 3.63) is 28.8 Å². The summed E-state index contributed by atoms with van der Waals surface area (Å²) >= 11 is 5.91. The molecule has 1 aromatic rings. The van der Waals surface area contributed by atoms with Crippen molar-refractivity contribution in [3.63, 3.8) is 0 Å². The Balaban J connectivity index is 1.46. The zero-order valence-corrected chi connectivity index (χ0v) is 13.7. The van der Waals surface area contributed by atoms with Crippen molar-refractivity contribution < 1.29 is 9.90 Å². The van der Waals surface area contributed by atoms with E-state index in [1.165, 1.54) is 31.5 Å². The molecule has 0 aromatic heterocycles. The van der Waals surface area contributed by atoms with E-state index in [1.807, 2.05) is 0 Å². The number of hydrazone groups is 1. The van der Waals surface area contributed by atoms with Crippen LogP contribution < -0.4 is 5.43 Å². The summed E-state index contributed by atoms with van der Waals surface area (Å²) in [4.78, 5) is 12.7. The van der Waals surface area contributed by atoms with Gasteiger partial charge < -0.3 is 5.11 Å². The molecule has 0 atom stereocenters. The molecule has 122 valence electrons. The minimum atomic E-state index is -0.206. The van der Waals surface area contributed by atoms with Crippen LogP contribution in [0.25, 0.3) is 0 Å². The molecule has 23 heavy (non-hydrogen) atoms. The SMILES string of the molecule is O=C(N/N=C\c1cc(Cl)ccc1O)C12CC3CC(CC(C3)C1)C2. The molecule has 1 amide bonds. The van der Waals surface area contributed by atoms with Gasteiger partial charge in [0.1, 0.15) is 5.75 Å². The van der Waals surface area contributed by atoms with Crippen LogP contribution in [0.2, 0.25) is 5.02 Å². The van der Waals surface area contributed by atoms with Crippen LogP contribution in [0.5, 0.6) is 5.75 Å². The zero-order chi connectivity index (χ0) is 16.0. The molecule has 0 unspecified atom stereocenters. The zero-order valence-electron chi connectivity index (χ0n) is 13.0. The molecule has 1 aromatic carbocycles. The molecule has 5 heteroatoms. The highest BCUT2D eigenvalue weighted by atomic mass is 35.5. The fraction of sp³-hybridized carbons (Fsp3) is 0.556. The molecular formula is C18H21ClN2O2. The highest BCUT2D eigenvalue weighted by Gasteiger charge is 2.54. The second-order valence-electron chi connectivity index (χ2n) is 7.60. The molecule has 4 fully saturated rings. The lowest BCUT2D eigenvalue weighted by Gasteiger charge is -2.55. The molecule has 0 spiro atoms. The number of hydrogen-bond donors (Lipinski definition) is 2. The summed E-state index contributed by atoms with van der Waals surface area (Å²) < 4.78 is 0. The Hall–Kier alpha value is -1.55. The van der Waals surface area contributed by atoms with Gasteiger partial charge in [-0.05, 0) is 74.5 Å². The van der Waals surface area contributed by atoms with Crippen LogP contribution in [0.1, 0.15) is 44.1 Å². The maximum absolute atomic E-state index is 12.7. The first-order chi connectivity index (χ1) is 11.0. The van der Waals surface area contributed by atoms with Crippen LogP contribution in [-0.4, -0.2) is 17.2 Å². The van der Waals surface area contributed by atoms with Crippen molar-refractivity contribution in [2.24, 2.45) is 28.3 Å². The third-order valence-electron chi connectivity index (χ3n) is 5.88. The Kier molecular flexibility index (Phi) is 3.60. The van der Waals surface area contributed by atoms with Gasteiger partial charge in [-0.15, -0.1) is 0 Å². The van der Waals surface area contributed by atoms with Gasteiger partial charge in [-0.25, -0.2) is 5.43 Å². The van der Waals surface area contributed by atoms with Crippen molar-refractivity contribution in [3.8, 4) is 5.75 Å². The molecule has 4 bridgehead atoms. The van der Waals surface area contributed by atoms with Crippen LogP contribution in [-0.2, 0) is 4.79 Å². The first-order valence-electron chi connectivity index (χ1n) is 8.36. The van der Waals surface area contributed by atoms with Gasteiger partial charge in [0.25, 0.3) is 0 Å². The topological polar surface area (TPSA) is 61.7 Å². The number of carbonyl (C=O) groups excluding carboxylic acids is 1. The summed E-state index contributed by atoms with van der Waals surface area (Å²) in [5.74, 6) is 2.34. The average Bonchev–Trinajstić information content (AvgIpc) is 2.49. The Bertz CT molecular complexity index is 636. The summed E-state index contributed by atoms with van der Waals surface area (Å²) in [6, 6.07) is 4.75. The Labute approximate surface area is 140 Å². The Morgan fingerprint density at radius 1 is 1.22 bits per heavy atom. The first kappa shape index (κ1) is 15.0. The van der Waals surface area contributed by atoms with E-state index in [0.29, 0.717) is 10.6 Å². The van der Waals surface area contributed by atoms with Gasteiger partial charge in [-0.3, -0.25) is 4.79 Å². The number of nitrogens with one attached hydrogen (secondary N) is 1. The molecule has 4 aliphatic carbocycles. The predicted molar refractivity (Wildman–Crippen MR) is 89.5 cm³/mol. The van der Waals surface area contributed by atoms with Crippen molar-refractivity contribution in [1.29, 1.82) is 0 Å². The Morgan fingerprint density at radius 2 is 1.83 bits per heavy atom. The minimum absolute atomic E-state index is 0.0503. The van der Waals surface area contributed by atoms with Crippen molar-refractivity contribution in [2.75, 3.05) is 0 Å². The number of halogens is 1. The summed E-state index contributed by atoms with van der Waals surface area (Å²) in [6.45, 7) is 0. The van der Waals surface area contributed by atoms with Crippen LogP contribution >= 0.6 is 11.6 Å². The number of rotatable bonds is 3. The standard InChI is InChI=1S/C18H21ClN2O2/c19-15-1-2-16(22)14(6-15)10-20-21-17(23)18-7-11-3-12(8-18)5-13(4-11)9-18/h1-2,6,10-13,22H,3-5,7-9H2,(H,21,23)/b20-10-. The molecule has 5 rings (SSSR count). The third-order valence-corrected chi connectivity index (χ3v) is 6.11. The molecule has 4 nitrogen and oxygen atoms in total. The maximum atomic E-state index is 12.7. The van der Waals surface area contributed by atoms with Crippen LogP contribution in [0.4, 0.5) is 0 Å². The molecule has 4 aliphatic rings. The minimum Gasteiger partial charge on any atom is -0.507 e. The molecule has 4 saturated carbocycles. The van der Waals surface area contributed by atoms with E-state index >= 15 is 0 Å². The summed E-state index contributed by atoms with van der Waals surface area (Å²) in [5, 5.41) is 14.3. The number of nitrogens with zero attached hydrogens (tertiary/aromatic N) is 1. The van der Waals surface area contributed by atoms with Crippen LogP contribution in [0.3, 0.4) is 0 Å².